The summed E-state index contributed by atoms with van der Waals surface area (Å²) < 4.78 is 2.53. The van der Waals surface area contributed by atoms with Crippen molar-refractivity contribution in [3.8, 4) is 78.4 Å². The second-order valence-electron chi connectivity index (χ2n) is 16.4. The van der Waals surface area contributed by atoms with Crippen LogP contribution in [0.15, 0.2) is 218 Å². The third-order valence-corrected chi connectivity index (χ3v) is 14.3. The Hall–Kier alpha value is -7.72. The monoisotopic (exact) mass is 804 g/mol. The highest BCUT2D eigenvalue weighted by molar-refractivity contribution is 7.25. The number of benzene rings is 9. The van der Waals surface area contributed by atoms with Gasteiger partial charge < -0.3 is 0 Å². The smallest absolute Gasteiger partial charge is 0.160 e. The van der Waals surface area contributed by atoms with Crippen molar-refractivity contribution in [2.24, 2.45) is 0 Å². The fraction of sp³-hybridized carbons (Fsp3) is 0.0169. The van der Waals surface area contributed by atoms with E-state index in [1.807, 2.05) is 11.3 Å². The summed E-state index contributed by atoms with van der Waals surface area (Å²) in [6.07, 6.45) is 0. The van der Waals surface area contributed by atoms with Crippen LogP contribution in [-0.4, -0.2) is 9.97 Å². The highest BCUT2D eigenvalue weighted by Gasteiger charge is 2.49. The van der Waals surface area contributed by atoms with E-state index in [2.05, 4.69) is 218 Å². The highest BCUT2D eigenvalue weighted by atomic mass is 32.1. The number of rotatable bonds is 4. The van der Waals surface area contributed by atoms with Crippen LogP contribution in [0, 0.1) is 0 Å². The van der Waals surface area contributed by atoms with Crippen LogP contribution in [0.3, 0.4) is 0 Å². The van der Waals surface area contributed by atoms with Crippen LogP contribution < -0.4 is 0 Å². The van der Waals surface area contributed by atoms with Gasteiger partial charge >= 0.3 is 0 Å². The quantitative estimate of drug-likeness (QED) is 0.177. The topological polar surface area (TPSA) is 25.8 Å². The van der Waals surface area contributed by atoms with Crippen molar-refractivity contribution < 1.29 is 0 Å². The van der Waals surface area contributed by atoms with E-state index in [9.17, 15) is 0 Å². The first-order chi connectivity index (χ1) is 30.7. The van der Waals surface area contributed by atoms with E-state index < -0.39 is 5.41 Å². The van der Waals surface area contributed by atoms with Gasteiger partial charge in [-0.15, -0.1) is 11.3 Å². The summed E-state index contributed by atoms with van der Waals surface area (Å²) in [7, 11) is 0. The molecule has 9 aromatic carbocycles. The average Bonchev–Trinajstić information content (AvgIpc) is 3.84. The molecule has 0 amide bonds. The lowest BCUT2D eigenvalue weighted by Gasteiger charge is -2.35. The third-order valence-electron chi connectivity index (χ3n) is 13.1. The second kappa shape index (κ2) is 13.7. The normalized spacial score (nSPS) is 13.0. The minimum absolute atomic E-state index is 0.544. The summed E-state index contributed by atoms with van der Waals surface area (Å²) in [5.74, 6) is 0.703. The Morgan fingerprint density at radius 2 is 0.823 bits per heavy atom. The first-order valence-corrected chi connectivity index (χ1v) is 22.0. The fourth-order valence-electron chi connectivity index (χ4n) is 10.5. The van der Waals surface area contributed by atoms with Gasteiger partial charge in [0.15, 0.2) is 5.82 Å². The van der Waals surface area contributed by atoms with Gasteiger partial charge in [0.2, 0.25) is 0 Å². The molecule has 0 radical (unpaired) electrons. The Kier molecular flexibility index (Phi) is 7.72. The van der Waals surface area contributed by atoms with Crippen LogP contribution in [0.4, 0.5) is 0 Å². The zero-order valence-corrected chi connectivity index (χ0v) is 34.4. The Balaban J connectivity index is 1.07. The molecule has 2 nitrogen and oxygen atoms in total. The van der Waals surface area contributed by atoms with Crippen LogP contribution in [0.2, 0.25) is 0 Å². The molecule has 0 atom stereocenters. The molecule has 0 saturated heterocycles. The molecule has 2 aromatic heterocycles. The van der Waals surface area contributed by atoms with Crippen molar-refractivity contribution in [1.82, 2.24) is 9.97 Å². The standard InChI is InChI=1S/C59H36N2S/c1-2-16-37(17-3-1)38-18-14-19-39(34-38)53-36-54(46-26-15-31-56-57(46)47-25-9-13-30-55(47)62-56)61-58(60-53)40-32-33-52-48(35-40)45-24-8-12-29-51(45)59(52)49-27-10-6-22-43(49)41-20-4-5-21-42(41)44-23-7-11-28-50(44)59/h1-36H. The van der Waals surface area contributed by atoms with Gasteiger partial charge in [0.1, 0.15) is 0 Å². The molecule has 0 N–H and O–H groups in total. The summed E-state index contributed by atoms with van der Waals surface area (Å²) in [6.45, 7) is 0. The Morgan fingerprint density at radius 1 is 0.306 bits per heavy atom. The van der Waals surface area contributed by atoms with Crippen LogP contribution in [0.5, 0.6) is 0 Å². The Labute approximate surface area is 364 Å². The molecule has 13 rings (SSSR count). The fourth-order valence-corrected chi connectivity index (χ4v) is 11.7. The predicted octanol–water partition coefficient (Wildman–Crippen LogP) is 15.5. The van der Waals surface area contributed by atoms with Gasteiger partial charge in [-0.3, -0.25) is 0 Å². The molecule has 2 heterocycles. The number of aromatic nitrogens is 2. The van der Waals surface area contributed by atoms with E-state index in [0.717, 1.165) is 33.6 Å². The van der Waals surface area contributed by atoms with Gasteiger partial charge in [-0.05, 0) is 97.1 Å². The minimum Gasteiger partial charge on any atom is -0.228 e. The van der Waals surface area contributed by atoms with E-state index in [1.165, 1.54) is 81.4 Å². The molecule has 0 saturated carbocycles. The zero-order chi connectivity index (χ0) is 40.8. The van der Waals surface area contributed by atoms with Crippen LogP contribution in [0.1, 0.15) is 22.3 Å². The van der Waals surface area contributed by atoms with E-state index in [1.54, 1.807) is 0 Å². The molecule has 1 spiro atoms. The second-order valence-corrected chi connectivity index (χ2v) is 17.5. The molecular formula is C59H36N2S. The molecule has 0 fully saturated rings. The van der Waals surface area contributed by atoms with Gasteiger partial charge in [0, 0.05) is 36.9 Å². The average molecular weight is 805 g/mol. The summed E-state index contributed by atoms with van der Waals surface area (Å²) in [5, 5.41) is 2.49. The van der Waals surface area contributed by atoms with Crippen molar-refractivity contribution in [2.45, 2.75) is 5.41 Å². The lowest BCUT2D eigenvalue weighted by molar-refractivity contribution is 0.775. The van der Waals surface area contributed by atoms with E-state index in [0.29, 0.717) is 5.82 Å². The third kappa shape index (κ3) is 5.09. The van der Waals surface area contributed by atoms with Crippen LogP contribution in [-0.2, 0) is 5.41 Å². The summed E-state index contributed by atoms with van der Waals surface area (Å²) >= 11 is 1.83. The number of fused-ring (bicyclic) bond motifs is 15. The number of nitrogens with zero attached hydrogens (tertiary/aromatic N) is 2. The van der Waals surface area contributed by atoms with E-state index in [-0.39, 0.29) is 0 Å². The molecule has 62 heavy (non-hydrogen) atoms. The SMILES string of the molecule is c1ccc(-c2cccc(-c3cc(-c4cccc5sc6ccccc6c45)nc(-c4ccc5c(c4)-c4ccccc4C54c5ccccc5-c5ccccc5-c5ccccc54)n3)c2)cc1. The van der Waals surface area contributed by atoms with Crippen molar-refractivity contribution in [3.63, 3.8) is 0 Å². The summed E-state index contributed by atoms with van der Waals surface area (Å²) in [5.41, 5.74) is 19.4. The predicted molar refractivity (Wildman–Crippen MR) is 258 cm³/mol. The van der Waals surface area contributed by atoms with Crippen LogP contribution >= 0.6 is 11.3 Å². The molecule has 0 bridgehead atoms. The molecule has 3 heteroatoms. The van der Waals surface area contributed by atoms with Crippen molar-refractivity contribution in [1.29, 1.82) is 0 Å². The molecule has 2 aliphatic carbocycles. The van der Waals surface area contributed by atoms with Gasteiger partial charge in [0.05, 0.1) is 16.8 Å². The van der Waals surface area contributed by atoms with Gasteiger partial charge in [-0.1, -0.05) is 188 Å². The first-order valence-electron chi connectivity index (χ1n) is 21.2. The molecule has 0 unspecified atom stereocenters. The zero-order valence-electron chi connectivity index (χ0n) is 33.6. The minimum atomic E-state index is -0.544. The highest BCUT2D eigenvalue weighted by Crippen LogP contribution is 2.61. The Bertz CT molecular complexity index is 3530. The molecular weight excluding hydrogens is 769 g/mol. The maximum atomic E-state index is 5.51. The maximum Gasteiger partial charge on any atom is 0.160 e. The van der Waals surface area contributed by atoms with Gasteiger partial charge in [-0.25, -0.2) is 9.97 Å². The van der Waals surface area contributed by atoms with Crippen molar-refractivity contribution >= 4 is 31.5 Å². The Morgan fingerprint density at radius 3 is 1.55 bits per heavy atom. The molecule has 2 aliphatic rings. The van der Waals surface area contributed by atoms with Crippen molar-refractivity contribution in [3.05, 3.63) is 241 Å². The van der Waals surface area contributed by atoms with Crippen molar-refractivity contribution in [2.75, 3.05) is 0 Å². The van der Waals surface area contributed by atoms with E-state index in [4.69, 9.17) is 9.97 Å². The van der Waals surface area contributed by atoms with E-state index >= 15 is 0 Å². The number of thiophene rings is 1. The largest absolute Gasteiger partial charge is 0.228 e. The van der Waals surface area contributed by atoms with Gasteiger partial charge in [0.25, 0.3) is 0 Å². The lowest BCUT2D eigenvalue weighted by Crippen LogP contribution is -2.29. The van der Waals surface area contributed by atoms with Gasteiger partial charge in [-0.2, -0.15) is 0 Å². The summed E-state index contributed by atoms with van der Waals surface area (Å²) in [6, 6.07) is 79.8. The molecule has 11 aromatic rings. The molecule has 288 valence electrons. The van der Waals surface area contributed by atoms with Crippen LogP contribution in [0.25, 0.3) is 98.6 Å². The number of hydrogen-bond donors (Lipinski definition) is 0. The maximum absolute atomic E-state index is 5.51. The summed E-state index contributed by atoms with van der Waals surface area (Å²) in [4.78, 5) is 11.0. The number of hydrogen-bond acceptors (Lipinski definition) is 3. The first kappa shape index (κ1) is 35.1. The lowest BCUT2D eigenvalue weighted by atomic mass is 9.66. The molecule has 0 aliphatic heterocycles.